The van der Waals surface area contributed by atoms with E-state index in [1.54, 1.807) is 10.5 Å². The Morgan fingerprint density at radius 3 is 2.78 bits per heavy atom. The van der Waals surface area contributed by atoms with Crippen molar-refractivity contribution in [2.45, 2.75) is 6.92 Å². The summed E-state index contributed by atoms with van der Waals surface area (Å²) in [7, 11) is 0. The molecule has 1 aliphatic heterocycles. The van der Waals surface area contributed by atoms with Crippen molar-refractivity contribution in [3.05, 3.63) is 64.8 Å². The standard InChI is InChI=1S/C20H20N6O/c1-14-10-17-11-15(4-7-26(17)23-14)18-12-20(27)25-13-16(2-3-19(25)22-18)24-8-5-21-6-9-24/h2-4,7,10-13,21H,5-6,8-9H2,1H3. The normalized spacial score (nSPS) is 14.9. The Hall–Kier alpha value is -3.19. The first-order chi connectivity index (χ1) is 13.2. The van der Waals surface area contributed by atoms with Gasteiger partial charge in [-0.25, -0.2) is 9.50 Å². The minimum absolute atomic E-state index is 0.0726. The van der Waals surface area contributed by atoms with Crippen molar-refractivity contribution < 1.29 is 0 Å². The van der Waals surface area contributed by atoms with E-state index < -0.39 is 0 Å². The van der Waals surface area contributed by atoms with Crippen LogP contribution in [0, 0.1) is 6.92 Å². The maximum absolute atomic E-state index is 12.8. The third kappa shape index (κ3) is 2.86. The van der Waals surface area contributed by atoms with Gasteiger partial charge in [-0.1, -0.05) is 0 Å². The lowest BCUT2D eigenvalue weighted by molar-refractivity contribution is 0.588. The van der Waals surface area contributed by atoms with Crippen LogP contribution in [-0.2, 0) is 0 Å². The lowest BCUT2D eigenvalue weighted by Gasteiger charge is -2.29. The second-order valence-electron chi connectivity index (χ2n) is 6.90. The first kappa shape index (κ1) is 16.0. The zero-order valence-corrected chi connectivity index (χ0v) is 15.1. The highest BCUT2D eigenvalue weighted by Crippen LogP contribution is 2.20. The Morgan fingerprint density at radius 2 is 1.93 bits per heavy atom. The van der Waals surface area contributed by atoms with Crippen LogP contribution in [0.1, 0.15) is 5.69 Å². The molecular formula is C20H20N6O. The number of hydrogen-bond donors (Lipinski definition) is 1. The van der Waals surface area contributed by atoms with Gasteiger partial charge in [0.05, 0.1) is 22.6 Å². The van der Waals surface area contributed by atoms with Gasteiger partial charge in [-0.2, -0.15) is 5.10 Å². The Morgan fingerprint density at radius 1 is 1.07 bits per heavy atom. The molecule has 0 unspecified atom stereocenters. The zero-order chi connectivity index (χ0) is 18.4. The smallest absolute Gasteiger partial charge is 0.258 e. The Kier molecular flexibility index (Phi) is 3.68. The number of piperazine rings is 1. The molecular weight excluding hydrogens is 340 g/mol. The van der Waals surface area contributed by atoms with Crippen LogP contribution < -0.4 is 15.8 Å². The SMILES string of the molecule is Cc1cc2cc(-c3cc(=O)n4cc(N5CCNCC5)ccc4n3)ccn2n1. The van der Waals surface area contributed by atoms with Gasteiger partial charge in [0.2, 0.25) is 0 Å². The molecule has 7 heteroatoms. The highest BCUT2D eigenvalue weighted by Gasteiger charge is 2.12. The van der Waals surface area contributed by atoms with Crippen LogP contribution in [0.4, 0.5) is 5.69 Å². The minimum Gasteiger partial charge on any atom is -0.368 e. The molecule has 7 nitrogen and oxygen atoms in total. The summed E-state index contributed by atoms with van der Waals surface area (Å²) in [5.41, 5.74) is 5.17. The molecule has 0 amide bonds. The van der Waals surface area contributed by atoms with E-state index in [0.717, 1.165) is 48.6 Å². The summed E-state index contributed by atoms with van der Waals surface area (Å²) in [6, 6.07) is 11.5. The molecule has 0 radical (unpaired) electrons. The number of hydrogen-bond acceptors (Lipinski definition) is 5. The molecule has 0 aliphatic carbocycles. The van der Waals surface area contributed by atoms with Crippen molar-refractivity contribution >= 4 is 16.9 Å². The third-order valence-electron chi connectivity index (χ3n) is 5.01. The van der Waals surface area contributed by atoms with Crippen LogP contribution in [0.15, 0.2) is 53.6 Å². The lowest BCUT2D eigenvalue weighted by atomic mass is 10.1. The number of fused-ring (bicyclic) bond motifs is 2. The summed E-state index contributed by atoms with van der Waals surface area (Å²) in [5.74, 6) is 0. The van der Waals surface area contributed by atoms with Crippen LogP contribution in [0.25, 0.3) is 22.4 Å². The van der Waals surface area contributed by atoms with Gasteiger partial charge in [0.1, 0.15) is 5.65 Å². The molecule has 5 rings (SSSR count). The third-order valence-corrected chi connectivity index (χ3v) is 5.01. The quantitative estimate of drug-likeness (QED) is 0.590. The van der Waals surface area contributed by atoms with Crippen molar-refractivity contribution in [2.24, 2.45) is 0 Å². The average Bonchev–Trinajstić information content (AvgIpc) is 3.07. The second-order valence-corrected chi connectivity index (χ2v) is 6.90. The summed E-state index contributed by atoms with van der Waals surface area (Å²) < 4.78 is 3.45. The van der Waals surface area contributed by atoms with Gasteiger partial charge in [0, 0.05) is 50.2 Å². The largest absolute Gasteiger partial charge is 0.368 e. The predicted octanol–water partition coefficient (Wildman–Crippen LogP) is 1.73. The molecule has 4 aromatic rings. The Labute approximate surface area is 155 Å². The van der Waals surface area contributed by atoms with Crippen molar-refractivity contribution in [1.82, 2.24) is 24.3 Å². The Bertz CT molecular complexity index is 1200. The van der Waals surface area contributed by atoms with Crippen LogP contribution in [0.5, 0.6) is 0 Å². The van der Waals surface area contributed by atoms with Gasteiger partial charge < -0.3 is 10.2 Å². The molecule has 0 bridgehead atoms. The number of nitrogens with one attached hydrogen (secondary N) is 1. The molecule has 27 heavy (non-hydrogen) atoms. The molecule has 1 fully saturated rings. The molecule has 5 heterocycles. The van der Waals surface area contributed by atoms with Gasteiger partial charge in [-0.3, -0.25) is 9.20 Å². The second kappa shape index (κ2) is 6.21. The van der Waals surface area contributed by atoms with E-state index in [1.807, 2.05) is 54.2 Å². The fourth-order valence-corrected chi connectivity index (χ4v) is 3.63. The number of aryl methyl sites for hydroxylation is 1. The molecule has 0 aromatic carbocycles. The number of nitrogens with zero attached hydrogens (tertiary/aromatic N) is 5. The average molecular weight is 360 g/mol. The zero-order valence-electron chi connectivity index (χ0n) is 15.1. The van der Waals surface area contributed by atoms with Crippen LogP contribution in [0.2, 0.25) is 0 Å². The van der Waals surface area contributed by atoms with Crippen LogP contribution in [-0.4, -0.2) is 45.2 Å². The van der Waals surface area contributed by atoms with Gasteiger partial charge in [0.25, 0.3) is 5.56 Å². The van der Waals surface area contributed by atoms with E-state index in [-0.39, 0.29) is 5.56 Å². The summed E-state index contributed by atoms with van der Waals surface area (Å²) in [6.45, 7) is 5.76. The van der Waals surface area contributed by atoms with Crippen molar-refractivity contribution in [1.29, 1.82) is 0 Å². The van der Waals surface area contributed by atoms with E-state index in [1.165, 1.54) is 0 Å². The number of pyridine rings is 2. The fraction of sp³-hybridized carbons (Fsp3) is 0.250. The van der Waals surface area contributed by atoms with E-state index >= 15 is 0 Å². The number of anilines is 1. The van der Waals surface area contributed by atoms with Crippen molar-refractivity contribution in [3.63, 3.8) is 0 Å². The van der Waals surface area contributed by atoms with E-state index in [0.29, 0.717) is 11.3 Å². The minimum atomic E-state index is -0.0726. The number of rotatable bonds is 2. The van der Waals surface area contributed by atoms with Gasteiger partial charge in [-0.05, 0) is 37.3 Å². The van der Waals surface area contributed by atoms with E-state index in [4.69, 9.17) is 4.98 Å². The highest BCUT2D eigenvalue weighted by atomic mass is 16.1. The lowest BCUT2D eigenvalue weighted by Crippen LogP contribution is -2.43. The molecule has 1 N–H and O–H groups in total. The molecule has 1 saturated heterocycles. The molecule has 0 saturated carbocycles. The summed E-state index contributed by atoms with van der Waals surface area (Å²) in [4.78, 5) is 19.7. The van der Waals surface area contributed by atoms with Gasteiger partial charge in [0.15, 0.2) is 0 Å². The molecule has 4 aromatic heterocycles. The maximum atomic E-state index is 12.8. The van der Waals surface area contributed by atoms with E-state index in [2.05, 4.69) is 15.3 Å². The molecule has 0 atom stereocenters. The highest BCUT2D eigenvalue weighted by molar-refractivity contribution is 5.67. The predicted molar refractivity (Wildman–Crippen MR) is 105 cm³/mol. The van der Waals surface area contributed by atoms with Crippen molar-refractivity contribution in [3.8, 4) is 11.3 Å². The fourth-order valence-electron chi connectivity index (χ4n) is 3.63. The van der Waals surface area contributed by atoms with Gasteiger partial charge >= 0.3 is 0 Å². The summed E-state index contributed by atoms with van der Waals surface area (Å²) in [5, 5.41) is 7.73. The molecule has 136 valence electrons. The first-order valence-corrected chi connectivity index (χ1v) is 9.13. The maximum Gasteiger partial charge on any atom is 0.258 e. The first-order valence-electron chi connectivity index (χ1n) is 9.13. The van der Waals surface area contributed by atoms with E-state index in [9.17, 15) is 4.79 Å². The van der Waals surface area contributed by atoms with Crippen LogP contribution in [0.3, 0.4) is 0 Å². The summed E-state index contributed by atoms with van der Waals surface area (Å²) in [6.07, 6.45) is 3.79. The monoisotopic (exact) mass is 360 g/mol. The number of aromatic nitrogens is 4. The Balaban J connectivity index is 1.58. The molecule has 1 aliphatic rings. The summed E-state index contributed by atoms with van der Waals surface area (Å²) >= 11 is 0. The topological polar surface area (TPSA) is 66.9 Å². The van der Waals surface area contributed by atoms with Crippen LogP contribution >= 0.6 is 0 Å². The molecule has 0 spiro atoms. The van der Waals surface area contributed by atoms with Crippen molar-refractivity contribution in [2.75, 3.05) is 31.1 Å². The van der Waals surface area contributed by atoms with Gasteiger partial charge in [-0.15, -0.1) is 0 Å².